The van der Waals surface area contributed by atoms with Crippen LogP contribution in [0.15, 0.2) is 97.1 Å². The van der Waals surface area contributed by atoms with E-state index in [1.807, 2.05) is 72.8 Å². The number of likely N-dealkylation sites (tertiary alicyclic amines) is 2. The van der Waals surface area contributed by atoms with Gasteiger partial charge >= 0.3 is 0 Å². The summed E-state index contributed by atoms with van der Waals surface area (Å²) in [7, 11) is 0. The summed E-state index contributed by atoms with van der Waals surface area (Å²) in [5, 5.41) is 22.5. The van der Waals surface area contributed by atoms with Crippen molar-refractivity contribution in [2.75, 3.05) is 13.1 Å². The van der Waals surface area contributed by atoms with Crippen LogP contribution in [0.1, 0.15) is 85.5 Å². The SMILES string of the molecule is C[C@@](O)(C(=O)N1CCC[C@H]1c1nc2ccc(C#Cc3ccc4nc([C@@H]5CCCN5C(=O)[C@@](C)(O)c5ccccc5)[nH]c4c3)cc2[nH]1)c1ccccc1. The molecule has 10 nitrogen and oxygen atoms in total. The standard InChI is InChI=1S/C42H40N6O4/c1-41(51,29-11-5-3-6-12-29)39(49)47-23-9-15-35(47)37-43-31-21-19-27(25-33(31)45-37)17-18-28-20-22-32-34(26-28)46-38(44-32)36-16-10-24-48(36)40(50)42(2,52)30-13-7-4-8-14-30/h3-8,11-14,19-22,25-26,35-36,51-52H,9-10,15-16,23-24H2,1-2H3,(H,43,45)(H,44,46)/t35-,36-,41-,42-/m0/s1. The number of carbonyl (C=O) groups excluding carboxylic acids is 2. The average Bonchev–Trinajstić information content (AvgIpc) is 3.99. The molecule has 262 valence electrons. The Balaban J connectivity index is 0.994. The van der Waals surface area contributed by atoms with Crippen molar-refractivity contribution in [1.29, 1.82) is 0 Å². The van der Waals surface area contributed by atoms with Gasteiger partial charge in [-0.2, -0.15) is 0 Å². The van der Waals surface area contributed by atoms with Gasteiger partial charge in [0.15, 0.2) is 11.2 Å². The van der Waals surface area contributed by atoms with Gasteiger partial charge in [0.2, 0.25) is 0 Å². The number of amides is 2. The van der Waals surface area contributed by atoms with E-state index in [1.165, 1.54) is 0 Å². The zero-order valence-corrected chi connectivity index (χ0v) is 29.1. The van der Waals surface area contributed by atoms with Crippen molar-refractivity contribution in [3.63, 3.8) is 0 Å². The van der Waals surface area contributed by atoms with Gasteiger partial charge in [-0.3, -0.25) is 9.59 Å². The lowest BCUT2D eigenvalue weighted by Crippen LogP contribution is -2.45. The number of aromatic amines is 2. The van der Waals surface area contributed by atoms with Crippen molar-refractivity contribution < 1.29 is 19.8 Å². The number of aromatic nitrogens is 4. The molecule has 2 saturated heterocycles. The smallest absolute Gasteiger partial charge is 0.259 e. The summed E-state index contributed by atoms with van der Waals surface area (Å²) in [6, 6.07) is 29.2. The Morgan fingerprint density at radius 1 is 0.654 bits per heavy atom. The van der Waals surface area contributed by atoms with E-state index in [2.05, 4.69) is 21.8 Å². The van der Waals surface area contributed by atoms with Crippen LogP contribution in [0.3, 0.4) is 0 Å². The van der Waals surface area contributed by atoms with E-state index in [4.69, 9.17) is 9.97 Å². The largest absolute Gasteiger partial charge is 0.376 e. The zero-order chi connectivity index (χ0) is 36.0. The summed E-state index contributed by atoms with van der Waals surface area (Å²) in [4.78, 5) is 47.2. The minimum atomic E-state index is -1.64. The second-order valence-electron chi connectivity index (χ2n) is 14.1. The van der Waals surface area contributed by atoms with Gasteiger partial charge in [0.05, 0.1) is 34.2 Å². The highest BCUT2D eigenvalue weighted by atomic mass is 16.3. The number of rotatable bonds is 6. The molecule has 2 aliphatic rings. The minimum absolute atomic E-state index is 0.262. The molecule has 2 aromatic heterocycles. The Labute approximate surface area is 301 Å². The first kappa shape index (κ1) is 33.4. The number of nitrogens with zero attached hydrogens (tertiary/aromatic N) is 4. The van der Waals surface area contributed by atoms with Crippen LogP contribution < -0.4 is 0 Å². The molecule has 2 fully saturated rings. The van der Waals surface area contributed by atoms with Crippen molar-refractivity contribution in [1.82, 2.24) is 29.7 Å². The van der Waals surface area contributed by atoms with Gasteiger partial charge in [-0.05, 0) is 87.1 Å². The Morgan fingerprint density at radius 3 is 1.46 bits per heavy atom. The summed E-state index contributed by atoms with van der Waals surface area (Å²) in [6.45, 7) is 4.21. The Morgan fingerprint density at radius 2 is 1.06 bits per heavy atom. The fourth-order valence-corrected chi connectivity index (χ4v) is 7.59. The summed E-state index contributed by atoms with van der Waals surface area (Å²) in [5.74, 6) is 7.26. The van der Waals surface area contributed by atoms with Crippen molar-refractivity contribution in [3.8, 4) is 11.8 Å². The monoisotopic (exact) mass is 692 g/mol. The van der Waals surface area contributed by atoms with Crippen molar-refractivity contribution in [2.24, 2.45) is 0 Å². The lowest BCUT2D eigenvalue weighted by Gasteiger charge is -2.31. The normalized spacial score (nSPS) is 19.7. The van der Waals surface area contributed by atoms with Crippen molar-refractivity contribution in [3.05, 3.63) is 131 Å². The fourth-order valence-electron chi connectivity index (χ4n) is 7.59. The molecule has 0 aliphatic carbocycles. The van der Waals surface area contributed by atoms with Gasteiger partial charge < -0.3 is 30.0 Å². The van der Waals surface area contributed by atoms with Crippen LogP contribution in [0.4, 0.5) is 0 Å². The van der Waals surface area contributed by atoms with Crippen LogP contribution in [0.2, 0.25) is 0 Å². The summed E-state index contributed by atoms with van der Waals surface area (Å²) >= 11 is 0. The summed E-state index contributed by atoms with van der Waals surface area (Å²) in [5.41, 5.74) is 2.68. The molecule has 0 bridgehead atoms. The first-order chi connectivity index (χ1) is 25.1. The first-order valence-corrected chi connectivity index (χ1v) is 17.8. The third kappa shape index (κ3) is 6.02. The van der Waals surface area contributed by atoms with Crippen LogP contribution in [0, 0.1) is 11.8 Å². The molecule has 4 heterocycles. The number of carbonyl (C=O) groups is 2. The van der Waals surface area contributed by atoms with Gasteiger partial charge in [0.1, 0.15) is 11.6 Å². The van der Waals surface area contributed by atoms with Crippen molar-refractivity contribution >= 4 is 33.9 Å². The third-order valence-electron chi connectivity index (χ3n) is 10.5. The zero-order valence-electron chi connectivity index (χ0n) is 29.1. The first-order valence-electron chi connectivity index (χ1n) is 17.8. The number of imidazole rings is 2. The van der Waals surface area contributed by atoms with Crippen molar-refractivity contribution in [2.45, 2.75) is 62.8 Å². The number of benzene rings is 4. The molecule has 52 heavy (non-hydrogen) atoms. The van der Waals surface area contributed by atoms with E-state index in [0.717, 1.165) is 58.9 Å². The number of nitrogens with one attached hydrogen (secondary N) is 2. The van der Waals surface area contributed by atoms with Gasteiger partial charge in [0, 0.05) is 24.2 Å². The lowest BCUT2D eigenvalue weighted by molar-refractivity contribution is -0.152. The highest BCUT2D eigenvalue weighted by Gasteiger charge is 2.43. The fraction of sp³-hybridized carbons (Fsp3) is 0.286. The predicted molar refractivity (Wildman–Crippen MR) is 198 cm³/mol. The van der Waals surface area contributed by atoms with Crippen LogP contribution in [0.5, 0.6) is 0 Å². The number of H-pyrrole nitrogens is 2. The quantitative estimate of drug-likeness (QED) is 0.159. The Hall–Kier alpha value is -5.76. The molecule has 6 aromatic rings. The maximum absolute atomic E-state index is 13.6. The molecule has 4 atom stereocenters. The van der Waals surface area contributed by atoms with Crippen LogP contribution in [0.25, 0.3) is 22.1 Å². The van der Waals surface area contributed by atoms with Gasteiger partial charge in [-0.15, -0.1) is 0 Å². The molecule has 0 saturated carbocycles. The second-order valence-corrected chi connectivity index (χ2v) is 14.1. The molecular weight excluding hydrogens is 652 g/mol. The Bertz CT molecular complexity index is 2190. The van der Waals surface area contributed by atoms with E-state index < -0.39 is 11.2 Å². The molecule has 4 aromatic carbocycles. The van der Waals surface area contributed by atoms with E-state index in [1.54, 1.807) is 47.9 Å². The maximum Gasteiger partial charge on any atom is 0.259 e. The predicted octanol–water partition coefficient (Wildman–Crippen LogP) is 5.98. The number of aliphatic hydroxyl groups is 2. The summed E-state index contributed by atoms with van der Waals surface area (Å²) in [6.07, 6.45) is 3.16. The third-order valence-corrected chi connectivity index (χ3v) is 10.5. The molecule has 0 unspecified atom stereocenters. The summed E-state index contributed by atoms with van der Waals surface area (Å²) < 4.78 is 0. The second kappa shape index (κ2) is 13.1. The van der Waals surface area contributed by atoms with Crippen LogP contribution >= 0.6 is 0 Å². The number of fused-ring (bicyclic) bond motifs is 2. The van der Waals surface area contributed by atoms with E-state index >= 15 is 0 Å². The van der Waals surface area contributed by atoms with E-state index in [-0.39, 0.29) is 23.9 Å². The Kier molecular flexibility index (Phi) is 8.41. The molecule has 0 spiro atoms. The van der Waals surface area contributed by atoms with Gasteiger partial charge in [-0.25, -0.2) is 9.97 Å². The van der Waals surface area contributed by atoms with Gasteiger partial charge in [-0.1, -0.05) is 72.5 Å². The number of hydrogen-bond acceptors (Lipinski definition) is 6. The molecule has 4 N–H and O–H groups in total. The van der Waals surface area contributed by atoms with Crippen LogP contribution in [-0.4, -0.2) is 64.9 Å². The topological polar surface area (TPSA) is 138 Å². The molecule has 8 rings (SSSR count). The molecular formula is C42H40N6O4. The average molecular weight is 693 g/mol. The van der Waals surface area contributed by atoms with Gasteiger partial charge in [0.25, 0.3) is 11.8 Å². The van der Waals surface area contributed by atoms with E-state index in [9.17, 15) is 19.8 Å². The molecule has 10 heteroatoms. The number of hydrogen-bond donors (Lipinski definition) is 4. The maximum atomic E-state index is 13.6. The molecule has 2 amide bonds. The molecule has 0 radical (unpaired) electrons. The lowest BCUT2D eigenvalue weighted by atomic mass is 9.94. The highest BCUT2D eigenvalue weighted by Crippen LogP contribution is 2.37. The van der Waals surface area contributed by atoms with E-state index in [0.29, 0.717) is 35.9 Å². The minimum Gasteiger partial charge on any atom is -0.376 e. The highest BCUT2D eigenvalue weighted by molar-refractivity contribution is 5.87. The molecule has 2 aliphatic heterocycles. The van der Waals surface area contributed by atoms with Crippen LogP contribution in [-0.2, 0) is 20.8 Å².